The van der Waals surface area contributed by atoms with Gasteiger partial charge in [0.25, 0.3) is 0 Å². The Labute approximate surface area is 116 Å². The van der Waals surface area contributed by atoms with E-state index < -0.39 is 16.8 Å². The summed E-state index contributed by atoms with van der Waals surface area (Å²) >= 11 is 0. The van der Waals surface area contributed by atoms with E-state index in [0.717, 1.165) is 6.20 Å². The highest BCUT2D eigenvalue weighted by Crippen LogP contribution is 2.44. The highest BCUT2D eigenvalue weighted by atomic mass is 19.1. The Morgan fingerprint density at radius 1 is 1.45 bits per heavy atom. The number of carbonyl (C=O) groups is 1. The van der Waals surface area contributed by atoms with E-state index in [9.17, 15) is 9.18 Å². The smallest absolute Gasteiger partial charge is 0.178 e. The first-order chi connectivity index (χ1) is 9.34. The number of hydrogen-bond acceptors (Lipinski definition) is 4. The highest BCUT2D eigenvalue weighted by Gasteiger charge is 2.47. The molecule has 1 aliphatic carbocycles. The number of nitriles is 1. The molecule has 1 aliphatic rings. The summed E-state index contributed by atoms with van der Waals surface area (Å²) in [6, 6.07) is 4.70. The monoisotopic (exact) mass is 274 g/mol. The quantitative estimate of drug-likeness (QED) is 0.831. The van der Waals surface area contributed by atoms with Gasteiger partial charge in [-0.3, -0.25) is 9.78 Å². The van der Waals surface area contributed by atoms with Crippen LogP contribution in [0.4, 0.5) is 4.39 Å². The van der Waals surface area contributed by atoms with Crippen molar-refractivity contribution in [2.24, 2.45) is 5.41 Å². The topological polar surface area (TPSA) is 63.0 Å². The maximum absolute atomic E-state index is 13.0. The molecular weight excluding hydrogens is 259 g/mol. The molecule has 1 atom stereocenters. The van der Waals surface area contributed by atoms with Crippen LogP contribution in [-0.2, 0) is 15.1 Å². The SMILES string of the molecule is COC1(c2ccc(F)cn2)C=C(C#N)C(=O)C(C)(C)C1. The van der Waals surface area contributed by atoms with Crippen molar-refractivity contribution in [1.29, 1.82) is 5.26 Å². The van der Waals surface area contributed by atoms with E-state index in [1.54, 1.807) is 13.8 Å². The largest absolute Gasteiger partial charge is 0.368 e. The molecule has 0 spiro atoms. The number of halogens is 1. The van der Waals surface area contributed by atoms with E-state index in [-0.39, 0.29) is 11.4 Å². The van der Waals surface area contributed by atoms with Crippen LogP contribution in [0.15, 0.2) is 30.0 Å². The Bertz CT molecular complexity index is 614. The number of allylic oxidation sites excluding steroid dienone is 1. The summed E-state index contributed by atoms with van der Waals surface area (Å²) in [7, 11) is 1.49. The molecule has 1 heterocycles. The van der Waals surface area contributed by atoms with E-state index >= 15 is 0 Å². The fourth-order valence-electron chi connectivity index (χ4n) is 2.56. The standard InChI is InChI=1S/C15H15FN2O2/c1-14(2)9-15(20-3,6-10(7-17)13(14)19)12-5-4-11(16)8-18-12/h4-6,8H,9H2,1-3H3. The van der Waals surface area contributed by atoms with Crippen LogP contribution in [0.2, 0.25) is 0 Å². The van der Waals surface area contributed by atoms with Gasteiger partial charge in [0.15, 0.2) is 5.78 Å². The molecule has 0 N–H and O–H groups in total. The molecule has 5 heteroatoms. The molecule has 20 heavy (non-hydrogen) atoms. The van der Waals surface area contributed by atoms with Crippen LogP contribution in [0.1, 0.15) is 26.0 Å². The normalized spacial score (nSPS) is 24.9. The minimum absolute atomic E-state index is 0.0502. The molecule has 0 amide bonds. The molecule has 104 valence electrons. The lowest BCUT2D eigenvalue weighted by Crippen LogP contribution is -2.42. The zero-order valence-electron chi connectivity index (χ0n) is 11.6. The van der Waals surface area contributed by atoms with Crippen LogP contribution in [0.5, 0.6) is 0 Å². The molecule has 0 fully saturated rings. The van der Waals surface area contributed by atoms with Crippen molar-refractivity contribution in [3.05, 3.63) is 41.5 Å². The highest BCUT2D eigenvalue weighted by molar-refractivity contribution is 6.03. The van der Waals surface area contributed by atoms with Crippen LogP contribution in [0.3, 0.4) is 0 Å². The van der Waals surface area contributed by atoms with E-state index in [2.05, 4.69) is 4.98 Å². The third-order valence-electron chi connectivity index (χ3n) is 3.59. The number of hydrogen-bond donors (Lipinski definition) is 0. The second-order valence-electron chi connectivity index (χ2n) is 5.51. The number of nitrogens with zero attached hydrogens (tertiary/aromatic N) is 2. The average molecular weight is 274 g/mol. The van der Waals surface area contributed by atoms with E-state index in [1.807, 2.05) is 6.07 Å². The first-order valence-corrected chi connectivity index (χ1v) is 6.19. The Kier molecular flexibility index (Phi) is 3.45. The summed E-state index contributed by atoms with van der Waals surface area (Å²) in [4.78, 5) is 16.2. The fraction of sp³-hybridized carbons (Fsp3) is 0.400. The van der Waals surface area contributed by atoms with Crippen molar-refractivity contribution in [2.75, 3.05) is 7.11 Å². The zero-order chi connectivity index (χ0) is 15.0. The minimum Gasteiger partial charge on any atom is -0.368 e. The zero-order valence-corrected chi connectivity index (χ0v) is 11.6. The molecule has 1 unspecified atom stereocenters. The van der Waals surface area contributed by atoms with Gasteiger partial charge in [-0.05, 0) is 24.6 Å². The number of methoxy groups -OCH3 is 1. The lowest BCUT2D eigenvalue weighted by atomic mass is 9.68. The molecule has 1 aromatic rings. The molecular formula is C15H15FN2O2. The Morgan fingerprint density at radius 2 is 2.15 bits per heavy atom. The van der Waals surface area contributed by atoms with E-state index in [0.29, 0.717) is 12.1 Å². The van der Waals surface area contributed by atoms with Crippen molar-refractivity contribution in [2.45, 2.75) is 25.9 Å². The number of carbonyl (C=O) groups excluding carboxylic acids is 1. The molecule has 0 saturated heterocycles. The van der Waals surface area contributed by atoms with Gasteiger partial charge in [0.05, 0.1) is 17.5 Å². The van der Waals surface area contributed by atoms with Gasteiger partial charge in [0, 0.05) is 12.5 Å². The molecule has 0 aromatic carbocycles. The lowest BCUT2D eigenvalue weighted by molar-refractivity contribution is -0.128. The first-order valence-electron chi connectivity index (χ1n) is 6.19. The number of Topliss-reactive ketones (excluding diaryl/α,β-unsaturated/α-hetero) is 1. The number of pyridine rings is 1. The second-order valence-corrected chi connectivity index (χ2v) is 5.51. The van der Waals surface area contributed by atoms with Crippen LogP contribution >= 0.6 is 0 Å². The van der Waals surface area contributed by atoms with Crippen molar-refractivity contribution < 1.29 is 13.9 Å². The number of ether oxygens (including phenoxy) is 1. The first kappa shape index (κ1) is 14.4. The van der Waals surface area contributed by atoms with Gasteiger partial charge in [-0.2, -0.15) is 5.26 Å². The molecule has 2 rings (SSSR count). The number of aromatic nitrogens is 1. The van der Waals surface area contributed by atoms with Gasteiger partial charge >= 0.3 is 0 Å². The fourth-order valence-corrected chi connectivity index (χ4v) is 2.56. The number of rotatable bonds is 2. The average Bonchev–Trinajstić information content (AvgIpc) is 2.42. The number of ketones is 1. The van der Waals surface area contributed by atoms with E-state index in [1.165, 1.54) is 25.3 Å². The maximum Gasteiger partial charge on any atom is 0.178 e. The Morgan fingerprint density at radius 3 is 2.65 bits per heavy atom. The lowest BCUT2D eigenvalue weighted by Gasteiger charge is -2.39. The van der Waals surface area contributed by atoms with Gasteiger partial charge in [0.1, 0.15) is 17.5 Å². The van der Waals surface area contributed by atoms with Gasteiger partial charge in [-0.15, -0.1) is 0 Å². The Balaban J connectivity index is 2.61. The summed E-state index contributed by atoms with van der Waals surface area (Å²) in [5, 5.41) is 9.14. The van der Waals surface area contributed by atoms with Crippen molar-refractivity contribution >= 4 is 5.78 Å². The summed E-state index contributed by atoms with van der Waals surface area (Å²) in [6.45, 7) is 3.52. The van der Waals surface area contributed by atoms with Crippen LogP contribution < -0.4 is 0 Å². The predicted octanol–water partition coefficient (Wildman–Crippen LogP) is 2.51. The van der Waals surface area contributed by atoms with Crippen LogP contribution in [-0.4, -0.2) is 17.9 Å². The van der Waals surface area contributed by atoms with Gasteiger partial charge < -0.3 is 4.74 Å². The minimum atomic E-state index is -0.990. The van der Waals surface area contributed by atoms with Crippen LogP contribution in [0, 0.1) is 22.6 Å². The van der Waals surface area contributed by atoms with E-state index in [4.69, 9.17) is 10.00 Å². The summed E-state index contributed by atoms with van der Waals surface area (Å²) < 4.78 is 18.6. The van der Waals surface area contributed by atoms with Gasteiger partial charge in [-0.1, -0.05) is 13.8 Å². The van der Waals surface area contributed by atoms with Crippen molar-refractivity contribution in [1.82, 2.24) is 4.98 Å². The third kappa shape index (κ3) is 2.23. The van der Waals surface area contributed by atoms with Crippen molar-refractivity contribution in [3.8, 4) is 6.07 Å². The van der Waals surface area contributed by atoms with Crippen molar-refractivity contribution in [3.63, 3.8) is 0 Å². The van der Waals surface area contributed by atoms with Gasteiger partial charge in [-0.25, -0.2) is 4.39 Å². The molecule has 4 nitrogen and oxygen atoms in total. The third-order valence-corrected chi connectivity index (χ3v) is 3.59. The molecule has 0 bridgehead atoms. The second kappa shape index (κ2) is 4.80. The maximum atomic E-state index is 13.0. The molecule has 0 radical (unpaired) electrons. The summed E-state index contributed by atoms with van der Waals surface area (Å²) in [5.74, 6) is -0.662. The molecule has 0 saturated carbocycles. The predicted molar refractivity (Wildman–Crippen MR) is 70.0 cm³/mol. The van der Waals surface area contributed by atoms with Crippen LogP contribution in [0.25, 0.3) is 0 Å². The molecule has 0 aliphatic heterocycles. The van der Waals surface area contributed by atoms with Gasteiger partial charge in [0.2, 0.25) is 0 Å². The Hall–Kier alpha value is -2.06. The summed E-state index contributed by atoms with van der Waals surface area (Å²) in [5.41, 5.74) is -1.20. The molecule has 1 aromatic heterocycles. The summed E-state index contributed by atoms with van der Waals surface area (Å²) in [6.07, 6.45) is 2.93.